The minimum atomic E-state index is -2.80. The van der Waals surface area contributed by atoms with Crippen molar-refractivity contribution >= 4 is 22.2 Å². The van der Waals surface area contributed by atoms with Crippen LogP contribution in [0.4, 0.5) is 0 Å². The summed E-state index contributed by atoms with van der Waals surface area (Å²) < 4.78 is 22.5. The molecule has 1 fully saturated rings. The van der Waals surface area contributed by atoms with Gasteiger partial charge in [0.25, 0.3) is 0 Å². The fourth-order valence-electron chi connectivity index (χ4n) is 1.12. The van der Waals surface area contributed by atoms with Crippen LogP contribution in [0.25, 0.3) is 0 Å². The lowest BCUT2D eigenvalue weighted by atomic mass is 10.4. The van der Waals surface area contributed by atoms with Crippen LogP contribution < -0.4 is 5.32 Å². The molecule has 0 aromatic rings. The summed E-state index contributed by atoms with van der Waals surface area (Å²) in [5.74, 6) is 0. The fourth-order valence-corrected chi connectivity index (χ4v) is 2.61. The van der Waals surface area contributed by atoms with Crippen LogP contribution >= 0.6 is 12.4 Å². The molecule has 5 heteroatoms. The lowest BCUT2D eigenvalue weighted by Crippen LogP contribution is -2.47. The quantitative estimate of drug-likeness (QED) is 0.607. The number of hydrogen-bond donors (Lipinski definition) is 1. The Hall–Kier alpha value is 0.200. The van der Waals surface area contributed by atoms with Crippen LogP contribution in [0.3, 0.4) is 0 Å². The van der Waals surface area contributed by atoms with Gasteiger partial charge < -0.3 is 5.32 Å². The highest BCUT2D eigenvalue weighted by molar-refractivity contribution is 7.92. The van der Waals surface area contributed by atoms with Gasteiger partial charge in [0.15, 0.2) is 9.84 Å². The summed E-state index contributed by atoms with van der Waals surface area (Å²) >= 11 is 0. The average Bonchev–Trinajstić information content (AvgIpc) is 1.84. The zero-order valence-electron chi connectivity index (χ0n) is 6.70. The van der Waals surface area contributed by atoms with Crippen molar-refractivity contribution in [2.75, 3.05) is 13.1 Å². The summed E-state index contributed by atoms with van der Waals surface area (Å²) in [6.45, 7) is 4.70. The molecule has 0 aliphatic carbocycles. The molecule has 1 aliphatic heterocycles. The highest BCUT2D eigenvalue weighted by Crippen LogP contribution is 2.11. The molecule has 2 unspecified atom stereocenters. The molecule has 0 bridgehead atoms. The van der Waals surface area contributed by atoms with E-state index in [-0.39, 0.29) is 22.9 Å². The monoisotopic (exact) mass is 199 g/mol. The molecule has 0 aromatic carbocycles. The summed E-state index contributed by atoms with van der Waals surface area (Å²) in [5.41, 5.74) is 0. The summed E-state index contributed by atoms with van der Waals surface area (Å²) in [6.07, 6.45) is 0. The molecule has 0 radical (unpaired) electrons. The SMILES string of the molecule is CC1CNCC(C)S1(=O)=O.Cl. The van der Waals surface area contributed by atoms with E-state index in [1.54, 1.807) is 13.8 Å². The molecule has 1 rings (SSSR count). The zero-order valence-corrected chi connectivity index (χ0v) is 8.33. The first-order valence-electron chi connectivity index (χ1n) is 3.48. The van der Waals surface area contributed by atoms with Crippen molar-refractivity contribution in [2.24, 2.45) is 0 Å². The van der Waals surface area contributed by atoms with Gasteiger partial charge in [-0.3, -0.25) is 0 Å². The first-order valence-corrected chi connectivity index (χ1v) is 5.09. The van der Waals surface area contributed by atoms with Gasteiger partial charge in [-0.2, -0.15) is 0 Å². The van der Waals surface area contributed by atoms with E-state index in [9.17, 15) is 8.42 Å². The molecule has 3 nitrogen and oxygen atoms in total. The van der Waals surface area contributed by atoms with Crippen LogP contribution in [0.1, 0.15) is 13.8 Å². The summed E-state index contributed by atoms with van der Waals surface area (Å²) in [7, 11) is -2.80. The third-order valence-corrected chi connectivity index (χ3v) is 4.56. The topological polar surface area (TPSA) is 46.2 Å². The Morgan fingerprint density at radius 1 is 1.18 bits per heavy atom. The summed E-state index contributed by atoms with van der Waals surface area (Å²) in [5, 5.41) is 2.64. The summed E-state index contributed by atoms with van der Waals surface area (Å²) in [4.78, 5) is 0. The van der Waals surface area contributed by atoms with Gasteiger partial charge in [0.2, 0.25) is 0 Å². The van der Waals surface area contributed by atoms with Crippen LogP contribution in [0.5, 0.6) is 0 Å². The molecule has 1 saturated heterocycles. The third-order valence-electron chi connectivity index (χ3n) is 1.99. The van der Waals surface area contributed by atoms with Gasteiger partial charge in [-0.25, -0.2) is 8.42 Å². The maximum absolute atomic E-state index is 11.3. The van der Waals surface area contributed by atoms with E-state index in [0.29, 0.717) is 13.1 Å². The Bertz CT molecular complexity index is 199. The van der Waals surface area contributed by atoms with Crippen molar-refractivity contribution in [3.05, 3.63) is 0 Å². The maximum Gasteiger partial charge on any atom is 0.157 e. The van der Waals surface area contributed by atoms with Gasteiger partial charge in [0, 0.05) is 13.1 Å². The highest BCUT2D eigenvalue weighted by Gasteiger charge is 2.30. The van der Waals surface area contributed by atoms with Crippen LogP contribution in [-0.4, -0.2) is 32.0 Å². The maximum atomic E-state index is 11.3. The standard InChI is InChI=1S/C6H13NO2S.ClH/c1-5-3-7-4-6(2)10(5,8)9;/h5-7H,3-4H2,1-2H3;1H. The second kappa shape index (κ2) is 3.74. The first-order chi connectivity index (χ1) is 4.55. The van der Waals surface area contributed by atoms with Crippen LogP contribution in [-0.2, 0) is 9.84 Å². The molecule has 1 heterocycles. The minimum Gasteiger partial charge on any atom is -0.314 e. The van der Waals surface area contributed by atoms with Crippen LogP contribution in [0.2, 0.25) is 0 Å². The van der Waals surface area contributed by atoms with Crippen molar-refractivity contribution in [1.29, 1.82) is 0 Å². The third kappa shape index (κ3) is 2.07. The van der Waals surface area contributed by atoms with Crippen LogP contribution in [0.15, 0.2) is 0 Å². The van der Waals surface area contributed by atoms with E-state index in [0.717, 1.165) is 0 Å². The van der Waals surface area contributed by atoms with Gasteiger partial charge in [-0.15, -0.1) is 12.4 Å². The van der Waals surface area contributed by atoms with Crippen molar-refractivity contribution in [2.45, 2.75) is 24.3 Å². The van der Waals surface area contributed by atoms with Crippen LogP contribution in [0, 0.1) is 0 Å². The molecule has 0 spiro atoms. The molecule has 68 valence electrons. The van der Waals surface area contributed by atoms with E-state index >= 15 is 0 Å². The smallest absolute Gasteiger partial charge is 0.157 e. The van der Waals surface area contributed by atoms with E-state index in [1.807, 2.05) is 0 Å². The van der Waals surface area contributed by atoms with Gasteiger partial charge in [-0.05, 0) is 13.8 Å². The van der Waals surface area contributed by atoms with E-state index in [4.69, 9.17) is 0 Å². The van der Waals surface area contributed by atoms with E-state index in [2.05, 4.69) is 5.32 Å². The molecule has 1 N–H and O–H groups in total. The number of sulfone groups is 1. The van der Waals surface area contributed by atoms with E-state index in [1.165, 1.54) is 0 Å². The first kappa shape index (κ1) is 11.2. The highest BCUT2D eigenvalue weighted by atomic mass is 35.5. The number of halogens is 1. The Kier molecular flexibility index (Phi) is 3.80. The predicted molar refractivity (Wildman–Crippen MR) is 48.0 cm³/mol. The van der Waals surface area contributed by atoms with Crippen molar-refractivity contribution in [3.8, 4) is 0 Å². The minimum absolute atomic E-state index is 0. The number of rotatable bonds is 0. The van der Waals surface area contributed by atoms with Gasteiger partial charge in [0.1, 0.15) is 0 Å². The Morgan fingerprint density at radius 3 is 1.82 bits per heavy atom. The largest absolute Gasteiger partial charge is 0.314 e. The fraction of sp³-hybridized carbons (Fsp3) is 1.00. The molecule has 2 atom stereocenters. The Labute approximate surface area is 73.9 Å². The molecular formula is C6H14ClNO2S. The molecule has 1 aliphatic rings. The van der Waals surface area contributed by atoms with Gasteiger partial charge in [0.05, 0.1) is 10.5 Å². The molecule has 0 saturated carbocycles. The average molecular weight is 200 g/mol. The second-order valence-electron chi connectivity index (χ2n) is 2.87. The van der Waals surface area contributed by atoms with Crippen molar-refractivity contribution < 1.29 is 8.42 Å². The molecule has 11 heavy (non-hydrogen) atoms. The summed E-state index contributed by atoms with van der Waals surface area (Å²) in [6, 6.07) is 0. The lowest BCUT2D eigenvalue weighted by Gasteiger charge is -2.25. The predicted octanol–water partition coefficient (Wildman–Crippen LogP) is 0.203. The second-order valence-corrected chi connectivity index (χ2v) is 5.66. The normalized spacial score (nSPS) is 35.8. The molecule has 0 aromatic heterocycles. The Morgan fingerprint density at radius 2 is 1.55 bits per heavy atom. The van der Waals surface area contributed by atoms with E-state index < -0.39 is 9.84 Å². The number of hydrogen-bond acceptors (Lipinski definition) is 3. The van der Waals surface area contributed by atoms with Gasteiger partial charge in [-0.1, -0.05) is 0 Å². The van der Waals surface area contributed by atoms with Crippen molar-refractivity contribution in [1.82, 2.24) is 5.32 Å². The molecule has 0 amide bonds. The van der Waals surface area contributed by atoms with Gasteiger partial charge >= 0.3 is 0 Å². The molecular weight excluding hydrogens is 186 g/mol. The van der Waals surface area contributed by atoms with Crippen molar-refractivity contribution in [3.63, 3.8) is 0 Å². The zero-order chi connectivity index (χ0) is 7.78. The Balaban J connectivity index is 0.000001000. The number of nitrogens with one attached hydrogen (secondary N) is 1. The lowest BCUT2D eigenvalue weighted by molar-refractivity contribution is 0.529.